The highest BCUT2D eigenvalue weighted by Crippen LogP contribution is 2.45. The number of rotatable bonds is 1. The Morgan fingerprint density at radius 3 is 2.92 bits per heavy atom. The first-order valence-electron chi connectivity index (χ1n) is 5.19. The molecule has 1 atom stereocenters. The molecule has 0 aliphatic heterocycles. The third-order valence-electron chi connectivity index (χ3n) is 3.24. The van der Waals surface area contributed by atoms with Crippen LogP contribution in [0.15, 0.2) is 5.38 Å². The van der Waals surface area contributed by atoms with E-state index in [9.17, 15) is 0 Å². The Bertz CT molecular complexity index is 325. The average Bonchev–Trinajstić information content (AvgIpc) is 2.87. The van der Waals surface area contributed by atoms with Crippen LogP contribution < -0.4 is 5.73 Å². The molecule has 1 aromatic rings. The lowest BCUT2D eigenvalue weighted by Crippen LogP contribution is -2.27. The molecule has 0 bridgehead atoms. The van der Waals surface area contributed by atoms with Gasteiger partial charge in [-0.25, -0.2) is 0 Å². The zero-order chi connectivity index (χ0) is 8.84. The van der Waals surface area contributed by atoms with Crippen LogP contribution in [0.25, 0.3) is 0 Å². The molecule has 0 aromatic carbocycles. The van der Waals surface area contributed by atoms with E-state index in [1.165, 1.54) is 25.7 Å². The molecule has 2 aliphatic carbocycles. The van der Waals surface area contributed by atoms with Crippen LogP contribution in [0.1, 0.15) is 41.2 Å². The molecule has 1 heterocycles. The highest BCUT2D eigenvalue weighted by molar-refractivity contribution is 7.10. The highest BCUT2D eigenvalue weighted by Gasteiger charge is 2.30. The smallest absolute Gasteiger partial charge is 0.00832 e. The zero-order valence-electron chi connectivity index (χ0n) is 7.75. The van der Waals surface area contributed by atoms with Crippen molar-refractivity contribution in [3.63, 3.8) is 0 Å². The maximum absolute atomic E-state index is 6.00. The fraction of sp³-hybridized carbons (Fsp3) is 0.636. The Hall–Kier alpha value is -0.340. The van der Waals surface area contributed by atoms with Gasteiger partial charge in [0.05, 0.1) is 0 Å². The molecule has 2 heteroatoms. The second kappa shape index (κ2) is 2.82. The van der Waals surface area contributed by atoms with Crippen molar-refractivity contribution >= 4 is 11.3 Å². The van der Waals surface area contributed by atoms with E-state index in [0.717, 1.165) is 12.3 Å². The van der Waals surface area contributed by atoms with Crippen molar-refractivity contribution in [2.75, 3.05) is 0 Å². The van der Waals surface area contributed by atoms with E-state index in [-0.39, 0.29) is 0 Å². The van der Waals surface area contributed by atoms with Gasteiger partial charge in [-0.2, -0.15) is 0 Å². The summed E-state index contributed by atoms with van der Waals surface area (Å²) in [6, 6.07) is 0.430. The second-order valence-electron chi connectivity index (χ2n) is 4.37. The van der Waals surface area contributed by atoms with Crippen LogP contribution in [0.3, 0.4) is 0 Å². The number of aryl methyl sites for hydroxylation is 1. The minimum atomic E-state index is 0.430. The van der Waals surface area contributed by atoms with Crippen molar-refractivity contribution in [1.29, 1.82) is 0 Å². The molecule has 0 spiro atoms. The molecule has 2 aliphatic rings. The number of nitrogens with two attached hydrogens (primary N) is 1. The minimum absolute atomic E-state index is 0.430. The largest absolute Gasteiger partial charge is 0.327 e. The summed E-state index contributed by atoms with van der Waals surface area (Å²) in [6.45, 7) is 0. The normalized spacial score (nSPS) is 27.3. The van der Waals surface area contributed by atoms with Crippen LogP contribution in [0.4, 0.5) is 0 Å². The molecule has 0 amide bonds. The second-order valence-corrected chi connectivity index (χ2v) is 5.33. The van der Waals surface area contributed by atoms with E-state index in [2.05, 4.69) is 5.38 Å². The van der Waals surface area contributed by atoms with Gasteiger partial charge in [0.1, 0.15) is 0 Å². The van der Waals surface area contributed by atoms with E-state index in [4.69, 9.17) is 5.73 Å². The number of thiophene rings is 1. The maximum Gasteiger partial charge on any atom is 0.00832 e. The van der Waals surface area contributed by atoms with Crippen LogP contribution in [-0.2, 0) is 12.8 Å². The Labute approximate surface area is 83.0 Å². The molecule has 1 fully saturated rings. The minimum Gasteiger partial charge on any atom is -0.327 e. The van der Waals surface area contributed by atoms with Crippen LogP contribution in [0.5, 0.6) is 0 Å². The van der Waals surface area contributed by atoms with Crippen molar-refractivity contribution in [3.05, 3.63) is 21.4 Å². The van der Waals surface area contributed by atoms with Gasteiger partial charge < -0.3 is 5.73 Å². The summed E-state index contributed by atoms with van der Waals surface area (Å²) in [6.07, 6.45) is 6.40. The third kappa shape index (κ3) is 1.32. The molecule has 3 rings (SSSR count). The van der Waals surface area contributed by atoms with Gasteiger partial charge in [-0.3, -0.25) is 0 Å². The molecular weight excluding hydrogens is 178 g/mol. The number of hydrogen-bond donors (Lipinski definition) is 1. The summed E-state index contributed by atoms with van der Waals surface area (Å²) >= 11 is 1.97. The SMILES string of the molecule is NC1CCc2scc(C3CC3)c2C1. The summed E-state index contributed by atoms with van der Waals surface area (Å²) in [5.41, 5.74) is 9.28. The average molecular weight is 193 g/mol. The molecule has 1 nitrogen and oxygen atoms in total. The van der Waals surface area contributed by atoms with Gasteiger partial charge in [0.2, 0.25) is 0 Å². The van der Waals surface area contributed by atoms with Crippen LogP contribution in [0.2, 0.25) is 0 Å². The van der Waals surface area contributed by atoms with Crippen LogP contribution >= 0.6 is 11.3 Å². The van der Waals surface area contributed by atoms with Gasteiger partial charge in [0.15, 0.2) is 0 Å². The van der Waals surface area contributed by atoms with E-state index in [1.54, 1.807) is 16.0 Å². The van der Waals surface area contributed by atoms with E-state index < -0.39 is 0 Å². The maximum atomic E-state index is 6.00. The van der Waals surface area contributed by atoms with Crippen molar-refractivity contribution < 1.29 is 0 Å². The van der Waals surface area contributed by atoms with E-state index >= 15 is 0 Å². The fourth-order valence-corrected chi connectivity index (χ4v) is 3.48. The predicted molar refractivity (Wildman–Crippen MR) is 56.3 cm³/mol. The molecule has 1 aromatic heterocycles. The summed E-state index contributed by atoms with van der Waals surface area (Å²) in [7, 11) is 0. The zero-order valence-corrected chi connectivity index (χ0v) is 8.57. The van der Waals surface area contributed by atoms with Crippen LogP contribution in [-0.4, -0.2) is 6.04 Å². The van der Waals surface area contributed by atoms with Gasteiger partial charge in [0.25, 0.3) is 0 Å². The summed E-state index contributed by atoms with van der Waals surface area (Å²) in [4.78, 5) is 1.63. The first-order valence-corrected chi connectivity index (χ1v) is 6.07. The number of fused-ring (bicyclic) bond motifs is 1. The lowest BCUT2D eigenvalue weighted by atomic mass is 9.91. The molecule has 0 radical (unpaired) electrons. The Balaban J connectivity index is 1.99. The van der Waals surface area contributed by atoms with E-state index in [1.807, 2.05) is 11.3 Å². The van der Waals surface area contributed by atoms with Gasteiger partial charge in [0, 0.05) is 10.9 Å². The Morgan fingerprint density at radius 1 is 1.31 bits per heavy atom. The standard InChI is InChI=1S/C11H15NS/c12-8-3-4-11-9(5-8)10(6-13-11)7-1-2-7/h6-8H,1-5,12H2. The lowest BCUT2D eigenvalue weighted by Gasteiger charge is -2.19. The van der Waals surface area contributed by atoms with Crippen molar-refractivity contribution in [2.45, 2.75) is 44.1 Å². The van der Waals surface area contributed by atoms with Gasteiger partial charge >= 0.3 is 0 Å². The third-order valence-corrected chi connectivity index (χ3v) is 4.35. The van der Waals surface area contributed by atoms with Crippen molar-refractivity contribution in [3.8, 4) is 0 Å². The van der Waals surface area contributed by atoms with Gasteiger partial charge in [-0.05, 0) is 54.5 Å². The van der Waals surface area contributed by atoms with E-state index in [0.29, 0.717) is 6.04 Å². The molecular formula is C11H15NS. The van der Waals surface area contributed by atoms with Gasteiger partial charge in [-0.15, -0.1) is 11.3 Å². The lowest BCUT2D eigenvalue weighted by molar-refractivity contribution is 0.580. The fourth-order valence-electron chi connectivity index (χ4n) is 2.30. The van der Waals surface area contributed by atoms with Gasteiger partial charge in [-0.1, -0.05) is 0 Å². The summed E-state index contributed by atoms with van der Waals surface area (Å²) in [5.74, 6) is 0.908. The number of hydrogen-bond acceptors (Lipinski definition) is 2. The monoisotopic (exact) mass is 193 g/mol. The molecule has 13 heavy (non-hydrogen) atoms. The first-order chi connectivity index (χ1) is 6.34. The predicted octanol–water partition coefficient (Wildman–Crippen LogP) is 2.44. The molecule has 1 unspecified atom stereocenters. The first kappa shape index (κ1) is 8.01. The highest BCUT2D eigenvalue weighted by atomic mass is 32.1. The summed E-state index contributed by atoms with van der Waals surface area (Å²) < 4.78 is 0. The van der Waals surface area contributed by atoms with Crippen molar-refractivity contribution in [1.82, 2.24) is 0 Å². The molecule has 1 saturated carbocycles. The molecule has 70 valence electrons. The van der Waals surface area contributed by atoms with Crippen molar-refractivity contribution in [2.24, 2.45) is 5.73 Å². The Morgan fingerprint density at radius 2 is 2.15 bits per heavy atom. The molecule has 0 saturated heterocycles. The molecule has 2 N–H and O–H groups in total. The quantitative estimate of drug-likeness (QED) is 0.728. The summed E-state index contributed by atoms with van der Waals surface area (Å²) in [5, 5.41) is 2.39. The van der Waals surface area contributed by atoms with Crippen LogP contribution in [0, 0.1) is 0 Å². The topological polar surface area (TPSA) is 26.0 Å². The Kier molecular flexibility index (Phi) is 1.74.